The SMILES string of the molecule is CCn1c(-c2cccnc2[C@H](C)OC)c2c3cc(ccc31)-c1cccc(c1)C[C@H](NC(=O)[C@@H](CO[C@@]1(S)CCN(C(=O)C#CC(C)(C)N(C)C)C1)C(C)C)C(=O)N1CCC[C@@]([Si])(N1)C(=O)OCC(C)(C)C2. The molecule has 3 radical (unpaired) electrons. The van der Waals surface area contributed by atoms with Crippen molar-refractivity contribution in [3.05, 3.63) is 77.6 Å². The molecule has 0 unspecified atom stereocenters. The molecule has 0 aliphatic carbocycles. The van der Waals surface area contributed by atoms with Crippen molar-refractivity contribution in [1.29, 1.82) is 0 Å². The van der Waals surface area contributed by atoms with E-state index in [0.29, 0.717) is 45.3 Å². The third-order valence-electron chi connectivity index (χ3n) is 14.5. The van der Waals surface area contributed by atoms with E-state index >= 15 is 0 Å². The maximum Gasteiger partial charge on any atom is 0.323 e. The van der Waals surface area contributed by atoms with E-state index in [-0.39, 0.29) is 50.0 Å². The summed E-state index contributed by atoms with van der Waals surface area (Å²) in [5.74, 6) is 3.42. The van der Waals surface area contributed by atoms with Crippen molar-refractivity contribution in [2.75, 3.05) is 54.1 Å². The Morgan fingerprint density at radius 3 is 2.52 bits per heavy atom. The highest BCUT2D eigenvalue weighted by Gasteiger charge is 2.44. The summed E-state index contributed by atoms with van der Waals surface area (Å²) < 4.78 is 20.8. The predicted molar refractivity (Wildman–Crippen MR) is 281 cm³/mol. The quantitative estimate of drug-likeness (QED) is 0.0486. The number of esters is 1. The number of carbonyl (C=O) groups excluding carboxylic acids is 4. The van der Waals surface area contributed by atoms with Crippen LogP contribution in [0.3, 0.4) is 0 Å². The summed E-state index contributed by atoms with van der Waals surface area (Å²) in [6.07, 6.45) is 3.60. The van der Waals surface area contributed by atoms with Crippen LogP contribution >= 0.6 is 12.6 Å². The number of amides is 3. The number of aromatic nitrogens is 2. The van der Waals surface area contributed by atoms with Gasteiger partial charge in [0, 0.05) is 67.7 Å². The number of methoxy groups -OCH3 is 1. The van der Waals surface area contributed by atoms with Gasteiger partial charge in [-0.05, 0) is 119 Å². The van der Waals surface area contributed by atoms with Gasteiger partial charge in [0.05, 0.1) is 58.9 Å². The molecule has 2 aromatic carbocycles. The topological polar surface area (TPSA) is 148 Å². The average Bonchev–Trinajstić information content (AvgIpc) is 3.88. The lowest BCUT2D eigenvalue weighted by Crippen LogP contribution is -2.67. The van der Waals surface area contributed by atoms with Crippen LogP contribution < -0.4 is 10.7 Å². The highest BCUT2D eigenvalue weighted by atomic mass is 32.1. The molecule has 2 aromatic heterocycles. The molecule has 379 valence electrons. The van der Waals surface area contributed by atoms with Gasteiger partial charge < -0.3 is 29.0 Å². The third-order valence-corrected chi connectivity index (χ3v) is 15.6. The predicted octanol–water partition coefficient (Wildman–Crippen LogP) is 6.73. The second-order valence-electron chi connectivity index (χ2n) is 21.4. The normalized spacial score (nSPS) is 22.7. The fourth-order valence-corrected chi connectivity index (χ4v) is 10.3. The summed E-state index contributed by atoms with van der Waals surface area (Å²) in [6.45, 7) is 17.9. The Morgan fingerprint density at radius 2 is 1.82 bits per heavy atom. The minimum atomic E-state index is -1.40. The number of aryl methyl sites for hydroxylation is 1. The number of thiol groups is 1. The van der Waals surface area contributed by atoms with Crippen LogP contribution in [-0.2, 0) is 52.8 Å². The van der Waals surface area contributed by atoms with Crippen LogP contribution in [0.5, 0.6) is 0 Å². The van der Waals surface area contributed by atoms with Gasteiger partial charge in [0.15, 0.2) is 0 Å². The van der Waals surface area contributed by atoms with Crippen LogP contribution in [0, 0.1) is 29.1 Å². The monoisotopic (exact) mass is 1000 g/mol. The number of hydrogen-bond acceptors (Lipinski definition) is 11. The number of fused-ring (bicyclic) bond motifs is 6. The molecule has 71 heavy (non-hydrogen) atoms. The van der Waals surface area contributed by atoms with Gasteiger partial charge in [0.2, 0.25) is 5.91 Å². The first-order valence-corrected chi connectivity index (χ1v) is 25.8. The summed E-state index contributed by atoms with van der Waals surface area (Å²) in [4.78, 5) is 64.2. The van der Waals surface area contributed by atoms with E-state index in [9.17, 15) is 19.2 Å². The number of hydrogen-bond donors (Lipinski definition) is 3. The fourth-order valence-electron chi connectivity index (χ4n) is 9.59. The van der Waals surface area contributed by atoms with Gasteiger partial charge in [-0.25, -0.2) is 5.43 Å². The van der Waals surface area contributed by atoms with Gasteiger partial charge in [-0.2, -0.15) is 0 Å². The molecule has 0 spiro atoms. The molecule has 7 rings (SSSR count). The summed E-state index contributed by atoms with van der Waals surface area (Å²) >= 11 is 4.89. The minimum Gasteiger partial charge on any atom is -0.464 e. The molecule has 6 bridgehead atoms. The molecule has 14 nitrogen and oxygen atoms in total. The Balaban J connectivity index is 1.23. The second kappa shape index (κ2) is 21.6. The maximum absolute atomic E-state index is 14.9. The second-order valence-corrected chi connectivity index (χ2v) is 23.1. The first-order valence-electron chi connectivity index (χ1n) is 24.9. The molecule has 3 amide bonds. The lowest BCUT2D eigenvalue weighted by molar-refractivity contribution is -0.158. The molecule has 0 saturated carbocycles. The first kappa shape index (κ1) is 53.8. The Bertz CT molecular complexity index is 2710. The number of carbonyl (C=O) groups is 4. The fraction of sp³-hybridized carbons (Fsp3) is 0.545. The van der Waals surface area contributed by atoms with E-state index in [0.717, 1.165) is 50.1 Å². The van der Waals surface area contributed by atoms with Crippen LogP contribution in [-0.4, -0.2) is 134 Å². The van der Waals surface area contributed by atoms with E-state index in [2.05, 4.69) is 94.6 Å². The van der Waals surface area contributed by atoms with Crippen molar-refractivity contribution in [3.8, 4) is 34.2 Å². The number of rotatable bonds is 11. The van der Waals surface area contributed by atoms with Crippen LogP contribution in [0.4, 0.5) is 0 Å². The van der Waals surface area contributed by atoms with E-state index in [4.69, 9.17) is 31.8 Å². The zero-order valence-corrected chi connectivity index (χ0v) is 45.3. The van der Waals surface area contributed by atoms with Gasteiger partial charge in [-0.3, -0.25) is 34.1 Å². The molecule has 3 aliphatic rings. The number of ether oxygens (including phenoxy) is 3. The number of nitrogens with one attached hydrogen (secondary N) is 2. The Labute approximate surface area is 429 Å². The van der Waals surface area contributed by atoms with Crippen LogP contribution in [0.15, 0.2) is 60.8 Å². The van der Waals surface area contributed by atoms with E-state index in [1.54, 1.807) is 18.2 Å². The van der Waals surface area contributed by atoms with Gasteiger partial charge in [-0.1, -0.05) is 63.9 Å². The zero-order valence-electron chi connectivity index (χ0n) is 43.4. The van der Waals surface area contributed by atoms with Gasteiger partial charge in [0.1, 0.15) is 16.1 Å². The third kappa shape index (κ3) is 11.9. The summed E-state index contributed by atoms with van der Waals surface area (Å²) in [5, 5.41) is 4.24. The number of nitrogens with zero attached hydrogens (tertiary/aromatic N) is 5. The minimum absolute atomic E-state index is 0.0125. The van der Waals surface area contributed by atoms with Gasteiger partial charge in [0.25, 0.3) is 11.8 Å². The first-order chi connectivity index (χ1) is 33.5. The highest BCUT2D eigenvalue weighted by Crippen LogP contribution is 2.42. The lowest BCUT2D eigenvalue weighted by Gasteiger charge is -2.41. The number of hydrazine groups is 1. The molecular weight excluding hydrogens is 931 g/mol. The van der Waals surface area contributed by atoms with E-state index in [1.807, 2.05) is 71.8 Å². The molecule has 16 heteroatoms. The van der Waals surface area contributed by atoms with Crippen LogP contribution in [0.25, 0.3) is 33.3 Å². The zero-order chi connectivity index (χ0) is 51.6. The number of cyclic esters (lactones) is 1. The van der Waals surface area contributed by atoms with Crippen molar-refractivity contribution in [1.82, 2.24) is 35.1 Å². The van der Waals surface area contributed by atoms with Crippen molar-refractivity contribution in [2.24, 2.45) is 17.3 Å². The van der Waals surface area contributed by atoms with Crippen molar-refractivity contribution in [2.45, 2.75) is 122 Å². The standard InChI is InChI=1S/C55H72N7O7SSi/c1-12-61-45-20-19-39-30-41(45)42(48(61)40-18-14-25-56-47(40)36(4)67-11)31-52(5,6)34-68-51(66)55(71)22-15-26-62(58-55)50(65)44(29-37-16-13-17-38(39)28-37)57-49(64)43(35(2)3)32-69-54(70)24-27-60(33-54)46(63)21-23-53(7,8)59(9)10/h13-14,16-20,25,28,30,35-36,43-44,58,70H,12,15,22,24,26-27,29,31-34H2,1-11H3,(H,57,64)/t36-,43-,44-,54+,55-/m0/s1. The number of pyridine rings is 1. The van der Waals surface area contributed by atoms with Crippen molar-refractivity contribution < 1.29 is 33.4 Å². The Hall–Kier alpha value is -5.02. The Morgan fingerprint density at radius 1 is 1.07 bits per heavy atom. The lowest BCUT2D eigenvalue weighted by atomic mass is 9.84. The summed E-state index contributed by atoms with van der Waals surface area (Å²) in [7, 11) is 9.28. The maximum atomic E-state index is 14.9. The molecule has 3 aliphatic heterocycles. The van der Waals surface area contributed by atoms with Crippen LogP contribution in [0.1, 0.15) is 97.6 Å². The number of likely N-dealkylation sites (tertiary alicyclic amines) is 1. The van der Waals surface area contributed by atoms with Gasteiger partial charge >= 0.3 is 5.97 Å². The summed E-state index contributed by atoms with van der Waals surface area (Å²) in [6, 6.07) is 17.7. The largest absolute Gasteiger partial charge is 0.464 e. The molecule has 2 saturated heterocycles. The highest BCUT2D eigenvalue weighted by molar-refractivity contribution is 7.81. The van der Waals surface area contributed by atoms with E-state index < -0.39 is 44.9 Å². The molecule has 4 aromatic rings. The van der Waals surface area contributed by atoms with E-state index in [1.165, 1.54) is 5.01 Å². The molecular formula is C55H72N7O7SSi. The molecule has 5 heterocycles. The molecule has 2 N–H and O–H groups in total. The van der Waals surface area contributed by atoms with Crippen molar-refractivity contribution in [3.63, 3.8) is 0 Å². The molecule has 2 fully saturated rings. The van der Waals surface area contributed by atoms with Gasteiger partial charge in [-0.15, -0.1) is 12.6 Å². The Kier molecular flexibility index (Phi) is 16.4. The number of benzene rings is 2. The smallest absolute Gasteiger partial charge is 0.323 e. The van der Waals surface area contributed by atoms with Crippen LogP contribution in [0.2, 0.25) is 0 Å². The van der Waals surface area contributed by atoms with Crippen molar-refractivity contribution >= 4 is 57.5 Å². The summed E-state index contributed by atoms with van der Waals surface area (Å²) in [5.41, 5.74) is 10.0. The molecule has 5 atom stereocenters. The average molecular weight is 1000 g/mol.